The number of nitrogens with zero attached hydrogens (tertiary/aromatic N) is 2. The van der Waals surface area contributed by atoms with E-state index < -0.39 is 5.82 Å². The number of aromatic amines is 2. The van der Waals surface area contributed by atoms with Crippen LogP contribution in [0.2, 0.25) is 0 Å². The molecule has 0 radical (unpaired) electrons. The first kappa shape index (κ1) is 20.2. The van der Waals surface area contributed by atoms with Crippen LogP contribution in [-0.4, -0.2) is 64.3 Å². The lowest BCUT2D eigenvalue weighted by Crippen LogP contribution is -2.51. The lowest BCUT2D eigenvalue weighted by atomic mass is 10.1. The van der Waals surface area contributed by atoms with E-state index in [1.54, 1.807) is 4.90 Å². The molecule has 0 bridgehead atoms. The van der Waals surface area contributed by atoms with Gasteiger partial charge in [0, 0.05) is 32.7 Å². The van der Waals surface area contributed by atoms with Gasteiger partial charge in [0.25, 0.3) is 5.91 Å². The van der Waals surface area contributed by atoms with Crippen LogP contribution in [0.4, 0.5) is 4.39 Å². The summed E-state index contributed by atoms with van der Waals surface area (Å²) in [6.45, 7) is 2.86. The van der Waals surface area contributed by atoms with E-state index in [1.807, 2.05) is 35.2 Å². The Bertz CT molecular complexity index is 1120. The lowest BCUT2D eigenvalue weighted by Gasteiger charge is -2.34. The van der Waals surface area contributed by atoms with E-state index in [0.717, 1.165) is 5.56 Å². The summed E-state index contributed by atoms with van der Waals surface area (Å²) < 4.78 is 14.3. The summed E-state index contributed by atoms with van der Waals surface area (Å²) in [4.78, 5) is 34.6. The van der Waals surface area contributed by atoms with Crippen molar-refractivity contribution in [2.24, 2.45) is 0 Å². The summed E-state index contributed by atoms with van der Waals surface area (Å²) in [7, 11) is 0. The van der Waals surface area contributed by atoms with E-state index in [9.17, 15) is 14.0 Å². The minimum Gasteiger partial charge on any atom is -0.351 e. The van der Waals surface area contributed by atoms with E-state index in [1.165, 1.54) is 12.1 Å². The average molecular weight is 428 g/mol. The third kappa shape index (κ3) is 4.58. The van der Waals surface area contributed by atoms with Crippen molar-refractivity contribution in [1.82, 2.24) is 25.1 Å². The van der Waals surface area contributed by atoms with Crippen LogP contribution in [0.15, 0.2) is 42.5 Å². The van der Waals surface area contributed by atoms with Crippen molar-refractivity contribution in [3.05, 3.63) is 64.2 Å². The van der Waals surface area contributed by atoms with Gasteiger partial charge in [0.15, 0.2) is 4.77 Å². The van der Waals surface area contributed by atoms with Crippen LogP contribution in [0, 0.1) is 10.6 Å². The maximum Gasteiger partial charge on any atom is 0.256 e. The zero-order valence-electron chi connectivity index (χ0n) is 16.3. The highest BCUT2D eigenvalue weighted by atomic mass is 32.1. The van der Waals surface area contributed by atoms with Crippen LogP contribution in [0.1, 0.15) is 15.9 Å². The van der Waals surface area contributed by atoms with Gasteiger partial charge in [-0.15, -0.1) is 0 Å². The van der Waals surface area contributed by atoms with Gasteiger partial charge in [-0.3, -0.25) is 14.5 Å². The smallest absolute Gasteiger partial charge is 0.256 e. The normalized spacial score (nSPS) is 14.8. The van der Waals surface area contributed by atoms with Crippen molar-refractivity contribution in [3.8, 4) is 0 Å². The van der Waals surface area contributed by atoms with Gasteiger partial charge in [0.05, 0.1) is 23.1 Å². The number of aromatic nitrogens is 2. The lowest BCUT2D eigenvalue weighted by molar-refractivity contribution is -0.122. The molecule has 1 aliphatic rings. The Morgan fingerprint density at radius 2 is 1.80 bits per heavy atom. The molecule has 2 aromatic carbocycles. The number of carbonyl (C=O) groups is 2. The van der Waals surface area contributed by atoms with Gasteiger partial charge in [0.1, 0.15) is 5.82 Å². The van der Waals surface area contributed by atoms with Crippen LogP contribution in [0.5, 0.6) is 0 Å². The van der Waals surface area contributed by atoms with Crippen molar-refractivity contribution in [3.63, 3.8) is 0 Å². The number of fused-ring (bicyclic) bond motifs is 1. The molecule has 156 valence electrons. The van der Waals surface area contributed by atoms with Gasteiger partial charge in [0.2, 0.25) is 5.91 Å². The van der Waals surface area contributed by atoms with E-state index >= 15 is 0 Å². The van der Waals surface area contributed by atoms with Gasteiger partial charge < -0.3 is 20.2 Å². The molecule has 0 unspecified atom stereocenters. The van der Waals surface area contributed by atoms with Gasteiger partial charge in [-0.2, -0.15) is 0 Å². The molecule has 30 heavy (non-hydrogen) atoms. The second kappa shape index (κ2) is 8.76. The summed E-state index contributed by atoms with van der Waals surface area (Å²) in [6.07, 6.45) is 0. The fourth-order valence-electron chi connectivity index (χ4n) is 3.61. The Hall–Kier alpha value is -3.04. The molecule has 2 heterocycles. The number of hydrogen-bond acceptors (Lipinski definition) is 4. The Kier molecular flexibility index (Phi) is 5.91. The minimum absolute atomic E-state index is 0.0506. The van der Waals surface area contributed by atoms with Gasteiger partial charge in [-0.25, -0.2) is 4.39 Å². The first-order valence-electron chi connectivity index (χ1n) is 9.73. The predicted molar refractivity (Wildman–Crippen MR) is 114 cm³/mol. The zero-order chi connectivity index (χ0) is 21.1. The van der Waals surface area contributed by atoms with Crippen molar-refractivity contribution >= 4 is 35.1 Å². The summed E-state index contributed by atoms with van der Waals surface area (Å²) in [5.74, 6) is -0.798. The molecule has 3 aromatic rings. The molecule has 0 spiro atoms. The molecule has 1 saturated heterocycles. The number of rotatable bonds is 5. The van der Waals surface area contributed by atoms with Crippen LogP contribution in [0.25, 0.3) is 11.0 Å². The van der Waals surface area contributed by atoms with E-state index in [0.29, 0.717) is 48.5 Å². The summed E-state index contributed by atoms with van der Waals surface area (Å²) in [5, 5.41) is 2.91. The second-order valence-electron chi connectivity index (χ2n) is 7.29. The second-order valence-corrected chi connectivity index (χ2v) is 7.69. The maximum absolute atomic E-state index is 13.9. The third-order valence-electron chi connectivity index (χ3n) is 5.18. The Labute approximate surface area is 177 Å². The van der Waals surface area contributed by atoms with Crippen molar-refractivity contribution in [2.45, 2.75) is 6.54 Å². The number of halogens is 1. The first-order valence-corrected chi connectivity index (χ1v) is 10.1. The molecule has 0 atom stereocenters. The molecular formula is C21H22FN5O2S. The standard InChI is InChI=1S/C21H22FN5O2S/c22-15-10-16(19-17(11-15)24-21(30)25-19)20(29)27-8-6-26(7-9-27)13-18(28)23-12-14-4-2-1-3-5-14/h1-5,10-11H,6-9,12-13H2,(H,23,28)(H2,24,25,30). The van der Waals surface area contributed by atoms with Crippen LogP contribution in [-0.2, 0) is 11.3 Å². The van der Waals surface area contributed by atoms with Gasteiger partial charge in [-0.05, 0) is 29.9 Å². The largest absolute Gasteiger partial charge is 0.351 e. The highest BCUT2D eigenvalue weighted by molar-refractivity contribution is 7.71. The molecule has 1 fully saturated rings. The summed E-state index contributed by atoms with van der Waals surface area (Å²) in [6, 6.07) is 12.3. The number of imidazole rings is 1. The zero-order valence-corrected chi connectivity index (χ0v) is 17.1. The third-order valence-corrected chi connectivity index (χ3v) is 5.38. The molecule has 0 aliphatic carbocycles. The van der Waals surface area contributed by atoms with Crippen molar-refractivity contribution in [2.75, 3.05) is 32.7 Å². The van der Waals surface area contributed by atoms with Crippen LogP contribution in [0.3, 0.4) is 0 Å². The van der Waals surface area contributed by atoms with Gasteiger partial charge >= 0.3 is 0 Å². The van der Waals surface area contributed by atoms with E-state index in [-0.39, 0.29) is 23.9 Å². The van der Waals surface area contributed by atoms with Crippen LogP contribution < -0.4 is 5.32 Å². The Morgan fingerprint density at radius 3 is 2.53 bits per heavy atom. The molecule has 1 aromatic heterocycles. The highest BCUT2D eigenvalue weighted by Crippen LogP contribution is 2.20. The number of H-pyrrole nitrogens is 2. The monoisotopic (exact) mass is 427 g/mol. The number of amides is 2. The quantitative estimate of drug-likeness (QED) is 0.546. The number of carbonyl (C=O) groups excluding carboxylic acids is 2. The number of piperazine rings is 1. The fourth-order valence-corrected chi connectivity index (χ4v) is 3.82. The van der Waals surface area contributed by atoms with Crippen molar-refractivity contribution in [1.29, 1.82) is 0 Å². The SMILES string of the molecule is O=C(CN1CCN(C(=O)c2cc(F)cc3[nH]c(=S)[nH]c23)CC1)NCc1ccccc1. The predicted octanol–water partition coefficient (Wildman–Crippen LogP) is 2.44. The Balaban J connectivity index is 1.33. The molecule has 3 N–H and O–H groups in total. The first-order chi connectivity index (χ1) is 14.5. The van der Waals surface area contributed by atoms with Crippen molar-refractivity contribution < 1.29 is 14.0 Å². The van der Waals surface area contributed by atoms with Crippen LogP contribution >= 0.6 is 12.2 Å². The number of nitrogens with one attached hydrogen (secondary N) is 3. The molecule has 1 aliphatic heterocycles. The molecule has 4 rings (SSSR count). The van der Waals surface area contributed by atoms with Gasteiger partial charge in [-0.1, -0.05) is 30.3 Å². The average Bonchev–Trinajstić information content (AvgIpc) is 3.12. The number of hydrogen-bond donors (Lipinski definition) is 3. The Morgan fingerprint density at radius 1 is 1.07 bits per heavy atom. The fraction of sp³-hybridized carbons (Fsp3) is 0.286. The minimum atomic E-state index is -0.496. The van der Waals surface area contributed by atoms with E-state index in [4.69, 9.17) is 12.2 Å². The maximum atomic E-state index is 13.9. The molecular weight excluding hydrogens is 405 g/mol. The highest BCUT2D eigenvalue weighted by Gasteiger charge is 2.25. The molecule has 2 amide bonds. The van der Waals surface area contributed by atoms with E-state index in [2.05, 4.69) is 15.3 Å². The summed E-state index contributed by atoms with van der Waals surface area (Å²) >= 11 is 5.06. The molecule has 7 nitrogen and oxygen atoms in total. The molecule has 0 saturated carbocycles. The topological polar surface area (TPSA) is 84.2 Å². The number of benzene rings is 2. The summed E-state index contributed by atoms with van der Waals surface area (Å²) in [5.41, 5.74) is 2.28. The molecule has 9 heteroatoms.